The van der Waals surface area contributed by atoms with Crippen molar-refractivity contribution in [2.75, 3.05) is 19.8 Å². The SMILES string of the molecule is CCCCCCCCCCCCCCCCCCCCCCCCCCCCCCCC(=O)N[C@@H](CO[C@@H]1O[C@H](CO)[C@@H](O[C@@H]2O[C@H](CO)[C@H](O)C(O)C2O)C(O)C1O)[C@H](O)CCCCCCCCCCC. The van der Waals surface area contributed by atoms with Gasteiger partial charge in [-0.15, -0.1) is 0 Å². The minimum atomic E-state index is -1.78. The third-order valence-corrected chi connectivity index (χ3v) is 15.3. The first-order valence-electron chi connectivity index (χ1n) is 30.3. The van der Waals surface area contributed by atoms with E-state index >= 15 is 0 Å². The van der Waals surface area contributed by atoms with Crippen molar-refractivity contribution in [2.24, 2.45) is 0 Å². The molecule has 72 heavy (non-hydrogen) atoms. The molecule has 1 amide bonds. The smallest absolute Gasteiger partial charge is 0.220 e. The molecule has 0 aliphatic carbocycles. The highest BCUT2D eigenvalue weighted by atomic mass is 16.7. The summed E-state index contributed by atoms with van der Waals surface area (Å²) in [6.45, 7) is 2.86. The third kappa shape index (κ3) is 30.7. The number of carbonyl (C=O) groups is 1. The molecule has 9 N–H and O–H groups in total. The van der Waals surface area contributed by atoms with E-state index in [0.717, 1.165) is 51.4 Å². The van der Waals surface area contributed by atoms with Crippen molar-refractivity contribution in [1.82, 2.24) is 5.32 Å². The Morgan fingerprint density at radius 1 is 0.444 bits per heavy atom. The van der Waals surface area contributed by atoms with Crippen LogP contribution in [0.5, 0.6) is 0 Å². The van der Waals surface area contributed by atoms with E-state index in [1.54, 1.807) is 0 Å². The summed E-state index contributed by atoms with van der Waals surface area (Å²) in [6.07, 6.45) is 32.9. The number of rotatable bonds is 49. The second-order valence-corrected chi connectivity index (χ2v) is 21.8. The van der Waals surface area contributed by atoms with Gasteiger partial charge < -0.3 is 65.1 Å². The molecule has 2 fully saturated rings. The number of carbonyl (C=O) groups excluding carboxylic acids is 1. The molecule has 0 aromatic rings. The molecule has 2 aliphatic heterocycles. The minimum Gasteiger partial charge on any atom is -0.394 e. The van der Waals surface area contributed by atoms with Crippen molar-refractivity contribution in [3.8, 4) is 0 Å². The van der Waals surface area contributed by atoms with Gasteiger partial charge in [-0.05, 0) is 12.8 Å². The van der Waals surface area contributed by atoms with Gasteiger partial charge >= 0.3 is 0 Å². The molecular formula is C58H113NO13. The van der Waals surface area contributed by atoms with Crippen molar-refractivity contribution in [1.29, 1.82) is 0 Å². The van der Waals surface area contributed by atoms with Crippen molar-refractivity contribution in [2.45, 2.75) is 344 Å². The van der Waals surface area contributed by atoms with Crippen LogP contribution >= 0.6 is 0 Å². The zero-order chi connectivity index (χ0) is 52.4. The first-order valence-corrected chi connectivity index (χ1v) is 30.3. The predicted octanol–water partition coefficient (Wildman–Crippen LogP) is 10.1. The maximum absolute atomic E-state index is 13.2. The van der Waals surface area contributed by atoms with Gasteiger partial charge in [-0.2, -0.15) is 0 Å². The van der Waals surface area contributed by atoms with E-state index in [9.17, 15) is 45.6 Å². The fraction of sp³-hybridized carbons (Fsp3) is 0.983. The summed E-state index contributed by atoms with van der Waals surface area (Å²) in [7, 11) is 0. The average Bonchev–Trinajstić information content (AvgIpc) is 3.38. The minimum absolute atomic E-state index is 0.203. The van der Waals surface area contributed by atoms with Gasteiger partial charge in [0.1, 0.15) is 48.8 Å². The Balaban J connectivity index is 1.61. The van der Waals surface area contributed by atoms with Gasteiger partial charge in [0.05, 0.1) is 32.0 Å². The predicted molar refractivity (Wildman–Crippen MR) is 286 cm³/mol. The van der Waals surface area contributed by atoms with Crippen LogP contribution in [0.3, 0.4) is 0 Å². The fourth-order valence-electron chi connectivity index (χ4n) is 10.4. The van der Waals surface area contributed by atoms with Gasteiger partial charge in [-0.1, -0.05) is 251 Å². The molecule has 2 aliphatic rings. The van der Waals surface area contributed by atoms with E-state index in [2.05, 4.69) is 19.2 Å². The molecule has 14 nitrogen and oxygen atoms in total. The fourth-order valence-corrected chi connectivity index (χ4v) is 10.4. The second-order valence-electron chi connectivity index (χ2n) is 21.8. The van der Waals surface area contributed by atoms with Crippen LogP contribution < -0.4 is 5.32 Å². The Labute approximate surface area is 438 Å². The molecule has 0 saturated carbocycles. The van der Waals surface area contributed by atoms with Crippen molar-refractivity contribution in [3.63, 3.8) is 0 Å². The lowest BCUT2D eigenvalue weighted by Gasteiger charge is -2.46. The topological polar surface area (TPSA) is 228 Å². The summed E-state index contributed by atoms with van der Waals surface area (Å²) < 4.78 is 22.8. The van der Waals surface area contributed by atoms with E-state index in [1.165, 1.54) is 193 Å². The molecular weight excluding hydrogens is 919 g/mol. The highest BCUT2D eigenvalue weighted by Gasteiger charge is 2.51. The number of hydrogen-bond donors (Lipinski definition) is 9. The molecule has 0 aromatic heterocycles. The quantitative estimate of drug-likeness (QED) is 0.0259. The molecule has 14 heteroatoms. The monoisotopic (exact) mass is 1030 g/mol. The number of ether oxygens (including phenoxy) is 4. The molecule has 0 aromatic carbocycles. The zero-order valence-corrected chi connectivity index (χ0v) is 46.0. The third-order valence-electron chi connectivity index (χ3n) is 15.3. The average molecular weight is 1030 g/mol. The van der Waals surface area contributed by atoms with Crippen LogP contribution in [0.4, 0.5) is 0 Å². The lowest BCUT2D eigenvalue weighted by molar-refractivity contribution is -0.359. The van der Waals surface area contributed by atoms with E-state index in [0.29, 0.717) is 12.8 Å². The molecule has 2 heterocycles. The summed E-state index contributed by atoms with van der Waals surface area (Å²) in [4.78, 5) is 13.2. The highest BCUT2D eigenvalue weighted by molar-refractivity contribution is 5.76. The first kappa shape index (κ1) is 67.1. The summed E-state index contributed by atoms with van der Waals surface area (Å²) in [5.74, 6) is -0.203. The summed E-state index contributed by atoms with van der Waals surface area (Å²) >= 11 is 0. The van der Waals surface area contributed by atoms with Crippen LogP contribution in [0, 0.1) is 0 Å². The highest BCUT2D eigenvalue weighted by Crippen LogP contribution is 2.30. The lowest BCUT2D eigenvalue weighted by atomic mass is 9.97. The van der Waals surface area contributed by atoms with Gasteiger partial charge in [0.15, 0.2) is 12.6 Å². The number of hydrogen-bond acceptors (Lipinski definition) is 13. The van der Waals surface area contributed by atoms with E-state index in [4.69, 9.17) is 18.9 Å². The standard InChI is InChI=1S/C58H113NO13/c1-3-5-7-9-11-13-14-15-16-17-18-19-20-21-22-23-24-25-26-27-28-29-30-31-32-34-36-38-40-42-50(63)59-46(47(62)41-39-37-35-33-12-10-8-6-4-2)45-69-57-55(68)53(66)56(49(44-61)71-57)72-58-54(67)52(65)51(64)48(43-60)70-58/h46-49,51-58,60-62,64-68H,3-45H2,1-2H3,(H,59,63)/t46-,47+,48+,49+,51-,52?,53?,54?,55?,56+,57+,58-/m0/s1. The van der Waals surface area contributed by atoms with Crippen LogP contribution in [-0.2, 0) is 23.7 Å². The number of amides is 1. The molecule has 428 valence electrons. The molecule has 2 rings (SSSR count). The summed E-state index contributed by atoms with van der Waals surface area (Å²) in [6, 6.07) is -0.821. The molecule has 0 spiro atoms. The number of aliphatic hydroxyl groups excluding tert-OH is 8. The van der Waals surface area contributed by atoms with Crippen molar-refractivity contribution < 1.29 is 64.6 Å². The van der Waals surface area contributed by atoms with Crippen LogP contribution in [0.2, 0.25) is 0 Å². The molecule has 2 saturated heterocycles. The van der Waals surface area contributed by atoms with E-state index in [-0.39, 0.29) is 12.5 Å². The Kier molecular flexibility index (Phi) is 42.0. The Morgan fingerprint density at radius 3 is 1.18 bits per heavy atom. The largest absolute Gasteiger partial charge is 0.394 e. The van der Waals surface area contributed by atoms with Crippen molar-refractivity contribution in [3.05, 3.63) is 0 Å². The van der Waals surface area contributed by atoms with Gasteiger partial charge in [-0.3, -0.25) is 4.79 Å². The van der Waals surface area contributed by atoms with Gasteiger partial charge in [-0.25, -0.2) is 0 Å². The maximum Gasteiger partial charge on any atom is 0.220 e. The lowest BCUT2D eigenvalue weighted by Crippen LogP contribution is -2.65. The second kappa shape index (κ2) is 45.1. The first-order chi connectivity index (χ1) is 35.1. The number of unbranched alkanes of at least 4 members (excludes halogenated alkanes) is 36. The van der Waals surface area contributed by atoms with Crippen molar-refractivity contribution >= 4 is 5.91 Å². The summed E-state index contributed by atoms with van der Waals surface area (Å²) in [5.41, 5.74) is 0. The van der Waals surface area contributed by atoms with Gasteiger partial charge in [0.25, 0.3) is 0 Å². The van der Waals surface area contributed by atoms with Crippen LogP contribution in [0.25, 0.3) is 0 Å². The van der Waals surface area contributed by atoms with Crippen LogP contribution in [0.15, 0.2) is 0 Å². The Hall–Kier alpha value is -1.01. The molecule has 4 unspecified atom stereocenters. The molecule has 12 atom stereocenters. The summed E-state index contributed by atoms with van der Waals surface area (Å²) in [5, 5.41) is 86.9. The van der Waals surface area contributed by atoms with Gasteiger partial charge in [0.2, 0.25) is 5.91 Å². The maximum atomic E-state index is 13.2. The number of nitrogens with one attached hydrogen (secondary N) is 1. The Bertz CT molecular complexity index is 1220. The normalized spacial score (nSPS) is 25.5. The molecule has 0 radical (unpaired) electrons. The molecule has 0 bridgehead atoms. The van der Waals surface area contributed by atoms with Crippen LogP contribution in [0.1, 0.15) is 271 Å². The van der Waals surface area contributed by atoms with E-state index < -0.39 is 86.8 Å². The van der Waals surface area contributed by atoms with Crippen LogP contribution in [-0.4, -0.2) is 140 Å². The number of aliphatic hydroxyl groups is 8. The van der Waals surface area contributed by atoms with Gasteiger partial charge in [0, 0.05) is 6.42 Å². The van der Waals surface area contributed by atoms with E-state index in [1.807, 2.05) is 0 Å². The zero-order valence-electron chi connectivity index (χ0n) is 46.0. The Morgan fingerprint density at radius 2 is 0.792 bits per heavy atom.